The highest BCUT2D eigenvalue weighted by atomic mass is 32.2. The van der Waals surface area contributed by atoms with Gasteiger partial charge in [-0.15, -0.1) is 11.8 Å². The first-order valence-corrected chi connectivity index (χ1v) is 8.89. The van der Waals surface area contributed by atoms with E-state index < -0.39 is 5.97 Å². The Labute approximate surface area is 157 Å². The van der Waals surface area contributed by atoms with Crippen LogP contribution in [0.15, 0.2) is 53.4 Å². The maximum Gasteiger partial charge on any atom is 0.341 e. The minimum Gasteiger partial charge on any atom is -0.497 e. The van der Waals surface area contributed by atoms with Gasteiger partial charge in [-0.05, 0) is 42.2 Å². The summed E-state index contributed by atoms with van der Waals surface area (Å²) in [5.74, 6) is 1.62. The average molecular weight is 369 g/mol. The van der Waals surface area contributed by atoms with Gasteiger partial charge >= 0.3 is 5.97 Å². The van der Waals surface area contributed by atoms with Gasteiger partial charge in [-0.25, -0.2) is 4.79 Å². The summed E-state index contributed by atoms with van der Waals surface area (Å²) >= 11 is 1.37. The molecule has 0 fully saturated rings. The first kappa shape index (κ1) is 19.4. The third-order valence-electron chi connectivity index (χ3n) is 3.45. The molecule has 2 rings (SSSR count). The zero-order chi connectivity index (χ0) is 18.9. The minimum absolute atomic E-state index is 0.291. The molecule has 0 aromatic heterocycles. The second-order valence-electron chi connectivity index (χ2n) is 5.02. The third-order valence-corrected chi connectivity index (χ3v) is 4.31. The first-order chi connectivity index (χ1) is 12.6. The van der Waals surface area contributed by atoms with Crippen molar-refractivity contribution in [3.05, 3.63) is 64.6 Å². The molecule has 0 radical (unpaired) electrons. The Hall–Kier alpha value is -2.91. The first-order valence-electron chi connectivity index (χ1n) is 7.91. The highest BCUT2D eigenvalue weighted by molar-refractivity contribution is 8.03. The van der Waals surface area contributed by atoms with Gasteiger partial charge in [0.1, 0.15) is 28.0 Å². The summed E-state index contributed by atoms with van der Waals surface area (Å²) < 4.78 is 16.0. The van der Waals surface area contributed by atoms with Crippen LogP contribution in [0.2, 0.25) is 0 Å². The molecule has 0 aliphatic heterocycles. The Balaban J connectivity index is 2.53. The van der Waals surface area contributed by atoms with Gasteiger partial charge in [0.15, 0.2) is 5.76 Å². The summed E-state index contributed by atoms with van der Waals surface area (Å²) in [5, 5.41) is 9.57. The van der Waals surface area contributed by atoms with Crippen LogP contribution in [-0.2, 0) is 4.74 Å². The number of thioether (sulfide) groups is 1. The molecular formula is C20H19NO4S. The standard InChI is InChI=1S/C20H19NO4S/c1-4-26-18(13-21)19(14-9-11-15(23-2)12-10-14)25-17-8-6-5-7-16(17)20(22)24-3/h5-12H,4H2,1-3H3/b19-18-. The van der Waals surface area contributed by atoms with Crippen LogP contribution in [0.4, 0.5) is 0 Å². The molecule has 0 saturated heterocycles. The summed E-state index contributed by atoms with van der Waals surface area (Å²) in [6.07, 6.45) is 0. The van der Waals surface area contributed by atoms with Gasteiger partial charge in [0, 0.05) is 5.56 Å². The lowest BCUT2D eigenvalue weighted by atomic mass is 10.1. The van der Waals surface area contributed by atoms with Gasteiger partial charge in [0.05, 0.1) is 14.2 Å². The predicted molar refractivity (Wildman–Crippen MR) is 102 cm³/mol. The Bertz CT molecular complexity index is 838. The number of hydrogen-bond acceptors (Lipinski definition) is 6. The van der Waals surface area contributed by atoms with Crippen LogP contribution in [0.3, 0.4) is 0 Å². The zero-order valence-electron chi connectivity index (χ0n) is 14.8. The number of methoxy groups -OCH3 is 2. The SMILES string of the molecule is CCS/C(C#N)=C(\Oc1ccccc1C(=O)OC)c1ccc(OC)cc1. The lowest BCUT2D eigenvalue weighted by Crippen LogP contribution is -2.06. The van der Waals surface area contributed by atoms with E-state index in [4.69, 9.17) is 14.2 Å². The van der Waals surface area contributed by atoms with Gasteiger partial charge in [-0.1, -0.05) is 19.1 Å². The van der Waals surface area contributed by atoms with Crippen LogP contribution < -0.4 is 9.47 Å². The smallest absolute Gasteiger partial charge is 0.341 e. The molecule has 26 heavy (non-hydrogen) atoms. The van der Waals surface area contributed by atoms with E-state index in [1.165, 1.54) is 18.9 Å². The van der Waals surface area contributed by atoms with Crippen LogP contribution in [0.5, 0.6) is 11.5 Å². The van der Waals surface area contributed by atoms with Crippen molar-refractivity contribution in [2.45, 2.75) is 6.92 Å². The second-order valence-corrected chi connectivity index (χ2v) is 6.30. The Morgan fingerprint density at radius 3 is 2.38 bits per heavy atom. The molecule has 6 heteroatoms. The third kappa shape index (κ3) is 4.58. The maximum absolute atomic E-state index is 12.0. The van der Waals surface area contributed by atoms with Crippen molar-refractivity contribution in [2.24, 2.45) is 0 Å². The molecule has 0 bridgehead atoms. The van der Waals surface area contributed by atoms with E-state index in [-0.39, 0.29) is 0 Å². The molecule has 0 heterocycles. The van der Waals surface area contributed by atoms with E-state index in [1.54, 1.807) is 43.5 Å². The van der Waals surface area contributed by atoms with Crippen LogP contribution in [0.1, 0.15) is 22.8 Å². The van der Waals surface area contributed by atoms with Crippen molar-refractivity contribution < 1.29 is 19.0 Å². The molecule has 5 nitrogen and oxygen atoms in total. The number of carbonyl (C=O) groups excluding carboxylic acids is 1. The normalized spacial score (nSPS) is 11.2. The number of para-hydroxylation sites is 1. The van der Waals surface area contributed by atoms with Crippen molar-refractivity contribution in [1.82, 2.24) is 0 Å². The van der Waals surface area contributed by atoms with Gasteiger partial charge in [-0.3, -0.25) is 0 Å². The monoisotopic (exact) mass is 369 g/mol. The number of carbonyl (C=O) groups is 1. The summed E-state index contributed by atoms with van der Waals surface area (Å²) in [4.78, 5) is 12.4. The van der Waals surface area contributed by atoms with E-state index >= 15 is 0 Å². The number of hydrogen-bond donors (Lipinski definition) is 0. The summed E-state index contributed by atoms with van der Waals surface area (Å²) in [5.41, 5.74) is 1.00. The van der Waals surface area contributed by atoms with E-state index in [0.29, 0.717) is 39.0 Å². The lowest BCUT2D eigenvalue weighted by Gasteiger charge is -2.15. The maximum atomic E-state index is 12.0. The molecule has 0 atom stereocenters. The number of benzene rings is 2. The number of ether oxygens (including phenoxy) is 3. The number of nitrogens with zero attached hydrogens (tertiary/aromatic N) is 1. The number of rotatable bonds is 7. The molecule has 134 valence electrons. The molecule has 0 N–H and O–H groups in total. The highest BCUT2D eigenvalue weighted by Gasteiger charge is 2.18. The zero-order valence-corrected chi connectivity index (χ0v) is 15.6. The molecule has 0 saturated carbocycles. The minimum atomic E-state index is -0.503. The van der Waals surface area contributed by atoms with Crippen LogP contribution in [-0.4, -0.2) is 25.9 Å². The molecule has 2 aromatic rings. The van der Waals surface area contributed by atoms with Gasteiger partial charge < -0.3 is 14.2 Å². The number of nitriles is 1. The lowest BCUT2D eigenvalue weighted by molar-refractivity contribution is 0.0598. The molecule has 0 spiro atoms. The number of esters is 1. The van der Waals surface area contributed by atoms with E-state index in [9.17, 15) is 10.1 Å². The average Bonchev–Trinajstić information content (AvgIpc) is 2.70. The Morgan fingerprint density at radius 1 is 1.12 bits per heavy atom. The van der Waals surface area contributed by atoms with Crippen molar-refractivity contribution in [1.29, 1.82) is 5.26 Å². The molecule has 0 amide bonds. The highest BCUT2D eigenvalue weighted by Crippen LogP contribution is 2.32. The van der Waals surface area contributed by atoms with E-state index in [2.05, 4.69) is 6.07 Å². The van der Waals surface area contributed by atoms with Gasteiger partial charge in [-0.2, -0.15) is 5.26 Å². The summed E-state index contributed by atoms with van der Waals surface area (Å²) in [6.45, 7) is 1.95. The molecular weight excluding hydrogens is 350 g/mol. The van der Waals surface area contributed by atoms with Crippen LogP contribution >= 0.6 is 11.8 Å². The van der Waals surface area contributed by atoms with Gasteiger partial charge in [0.2, 0.25) is 0 Å². The fourth-order valence-corrected chi connectivity index (χ4v) is 2.86. The van der Waals surface area contributed by atoms with Crippen molar-refractivity contribution in [3.63, 3.8) is 0 Å². The summed E-state index contributed by atoms with van der Waals surface area (Å²) in [7, 11) is 2.90. The Morgan fingerprint density at radius 2 is 1.81 bits per heavy atom. The predicted octanol–water partition coefficient (Wildman–Crippen LogP) is 4.51. The van der Waals surface area contributed by atoms with E-state index in [0.717, 1.165) is 0 Å². The quantitative estimate of drug-likeness (QED) is 0.406. The fraction of sp³-hybridized carbons (Fsp3) is 0.200. The van der Waals surface area contributed by atoms with Crippen molar-refractivity contribution >= 4 is 23.5 Å². The van der Waals surface area contributed by atoms with Crippen LogP contribution in [0, 0.1) is 11.3 Å². The van der Waals surface area contributed by atoms with Gasteiger partial charge in [0.25, 0.3) is 0 Å². The number of allylic oxidation sites excluding steroid dienone is 1. The molecule has 0 aliphatic rings. The Kier molecular flexibility index (Phi) is 7.12. The molecule has 0 unspecified atom stereocenters. The second kappa shape index (κ2) is 9.54. The summed E-state index contributed by atoms with van der Waals surface area (Å²) in [6, 6.07) is 16.1. The largest absolute Gasteiger partial charge is 0.497 e. The van der Waals surface area contributed by atoms with Crippen molar-refractivity contribution in [2.75, 3.05) is 20.0 Å². The van der Waals surface area contributed by atoms with Crippen LogP contribution in [0.25, 0.3) is 5.76 Å². The molecule has 2 aromatic carbocycles. The molecule has 0 aliphatic carbocycles. The topological polar surface area (TPSA) is 68.5 Å². The van der Waals surface area contributed by atoms with Crippen molar-refractivity contribution in [3.8, 4) is 17.6 Å². The van der Waals surface area contributed by atoms with E-state index in [1.807, 2.05) is 19.1 Å². The fourth-order valence-electron chi connectivity index (χ4n) is 2.22.